The summed E-state index contributed by atoms with van der Waals surface area (Å²) in [6.07, 6.45) is 9.36. The molecule has 1 saturated heterocycles. The van der Waals surface area contributed by atoms with Gasteiger partial charge in [0.2, 0.25) is 0 Å². The fraction of sp³-hybridized carbons (Fsp3) is 1.00. The molecule has 22 heavy (non-hydrogen) atoms. The summed E-state index contributed by atoms with van der Waals surface area (Å²) in [6.45, 7) is 4.42. The predicted octanol–water partition coefficient (Wildman–Crippen LogP) is 3.02. The molecule has 3 N–H and O–H groups in total. The van der Waals surface area contributed by atoms with Gasteiger partial charge in [0.15, 0.2) is 0 Å². The molecule has 4 nitrogen and oxygen atoms in total. The molecule has 0 aliphatic carbocycles. The largest absolute Gasteiger partial charge is 0.388 e. The molecule has 0 saturated carbocycles. The van der Waals surface area contributed by atoms with E-state index in [9.17, 15) is 15.3 Å². The normalized spacial score (nSPS) is 30.4. The van der Waals surface area contributed by atoms with E-state index in [1.54, 1.807) is 0 Å². The summed E-state index contributed by atoms with van der Waals surface area (Å²) in [5.41, 5.74) is 0. The van der Waals surface area contributed by atoms with Crippen LogP contribution < -0.4 is 0 Å². The molecule has 1 fully saturated rings. The zero-order chi connectivity index (χ0) is 16.4. The first-order valence-corrected chi connectivity index (χ1v) is 9.23. The molecule has 1 rings (SSSR count). The summed E-state index contributed by atoms with van der Waals surface area (Å²) < 4.78 is 5.51. The van der Waals surface area contributed by atoms with Crippen LogP contribution in [0.3, 0.4) is 0 Å². The van der Waals surface area contributed by atoms with Gasteiger partial charge in [-0.25, -0.2) is 0 Å². The highest BCUT2D eigenvalue weighted by atomic mass is 16.5. The number of hydrogen-bond donors (Lipinski definition) is 3. The Morgan fingerprint density at radius 1 is 0.864 bits per heavy atom. The van der Waals surface area contributed by atoms with Crippen LogP contribution in [0.2, 0.25) is 0 Å². The third-order valence-corrected chi connectivity index (χ3v) is 4.86. The summed E-state index contributed by atoms with van der Waals surface area (Å²) in [5, 5.41) is 29.2. The van der Waals surface area contributed by atoms with Crippen LogP contribution in [0, 0.1) is 5.92 Å². The van der Waals surface area contributed by atoms with E-state index < -0.39 is 18.3 Å². The second kappa shape index (κ2) is 11.4. The van der Waals surface area contributed by atoms with Crippen LogP contribution >= 0.6 is 0 Å². The van der Waals surface area contributed by atoms with Crippen molar-refractivity contribution in [2.45, 2.75) is 102 Å². The molecule has 1 heterocycles. The Morgan fingerprint density at radius 2 is 1.41 bits per heavy atom. The van der Waals surface area contributed by atoms with Crippen molar-refractivity contribution >= 4 is 0 Å². The van der Waals surface area contributed by atoms with Crippen LogP contribution in [-0.4, -0.2) is 46.3 Å². The number of hydrogen-bond acceptors (Lipinski definition) is 4. The molecule has 0 aromatic rings. The van der Waals surface area contributed by atoms with Crippen molar-refractivity contribution in [3.63, 3.8) is 0 Å². The molecule has 4 heteroatoms. The molecule has 1 aliphatic heterocycles. The Labute approximate surface area is 135 Å². The van der Waals surface area contributed by atoms with E-state index in [-0.39, 0.29) is 18.6 Å². The zero-order valence-corrected chi connectivity index (χ0v) is 14.4. The Morgan fingerprint density at radius 3 is 2.00 bits per heavy atom. The zero-order valence-electron chi connectivity index (χ0n) is 14.4. The molecule has 5 atom stereocenters. The Hall–Kier alpha value is -0.160. The summed E-state index contributed by atoms with van der Waals surface area (Å²) in [5.74, 6) is 0.210. The Kier molecular flexibility index (Phi) is 10.3. The fourth-order valence-corrected chi connectivity index (χ4v) is 3.27. The van der Waals surface area contributed by atoms with E-state index in [1.807, 2.05) is 0 Å². The minimum atomic E-state index is -1.08. The van der Waals surface area contributed by atoms with Crippen molar-refractivity contribution in [2.24, 2.45) is 5.92 Å². The number of ether oxygens (including phenoxy) is 1. The summed E-state index contributed by atoms with van der Waals surface area (Å²) in [4.78, 5) is 0. The SMILES string of the molecule is CCCCCCCCCCCC(C)C1OC[C@@H](O)[C@H](O)[C@H]1O. The third kappa shape index (κ3) is 6.95. The minimum absolute atomic E-state index is 0.116. The van der Waals surface area contributed by atoms with Gasteiger partial charge in [0.25, 0.3) is 0 Å². The molecule has 0 spiro atoms. The lowest BCUT2D eigenvalue weighted by Crippen LogP contribution is -2.54. The van der Waals surface area contributed by atoms with E-state index in [1.165, 1.54) is 51.4 Å². The first kappa shape index (κ1) is 19.9. The first-order chi connectivity index (χ1) is 10.6. The third-order valence-electron chi connectivity index (χ3n) is 4.86. The maximum absolute atomic E-state index is 9.99. The lowest BCUT2D eigenvalue weighted by molar-refractivity contribution is -0.199. The van der Waals surface area contributed by atoms with E-state index in [0.29, 0.717) is 0 Å². The number of aliphatic hydroxyl groups excluding tert-OH is 3. The predicted molar refractivity (Wildman–Crippen MR) is 88.8 cm³/mol. The highest BCUT2D eigenvalue weighted by molar-refractivity contribution is 4.88. The average molecular weight is 316 g/mol. The van der Waals surface area contributed by atoms with Gasteiger partial charge in [0.1, 0.15) is 18.3 Å². The summed E-state index contributed by atoms with van der Waals surface area (Å²) in [7, 11) is 0. The molecular weight excluding hydrogens is 280 g/mol. The van der Waals surface area contributed by atoms with Crippen LogP contribution in [0.15, 0.2) is 0 Å². The molecule has 0 radical (unpaired) electrons. The molecule has 0 aromatic heterocycles. The van der Waals surface area contributed by atoms with Gasteiger partial charge in [-0.3, -0.25) is 0 Å². The van der Waals surface area contributed by atoms with Crippen LogP contribution in [0.1, 0.15) is 78.1 Å². The number of aliphatic hydroxyl groups is 3. The highest BCUT2D eigenvalue weighted by Crippen LogP contribution is 2.25. The second-order valence-electron chi connectivity index (χ2n) is 6.94. The van der Waals surface area contributed by atoms with Crippen LogP contribution in [0.25, 0.3) is 0 Å². The molecule has 1 aliphatic rings. The van der Waals surface area contributed by atoms with Crippen molar-refractivity contribution < 1.29 is 20.1 Å². The van der Waals surface area contributed by atoms with Crippen molar-refractivity contribution in [1.29, 1.82) is 0 Å². The molecule has 0 bridgehead atoms. The Balaban J connectivity index is 2.05. The van der Waals surface area contributed by atoms with E-state index in [2.05, 4.69) is 13.8 Å². The topological polar surface area (TPSA) is 69.9 Å². The molecular formula is C18H36O4. The average Bonchev–Trinajstić information content (AvgIpc) is 2.51. The van der Waals surface area contributed by atoms with Gasteiger partial charge in [-0.15, -0.1) is 0 Å². The quantitative estimate of drug-likeness (QED) is 0.512. The Bertz CT molecular complexity index is 272. The molecule has 2 unspecified atom stereocenters. The summed E-state index contributed by atoms with van der Waals surface area (Å²) in [6, 6.07) is 0. The lowest BCUT2D eigenvalue weighted by Gasteiger charge is -2.38. The van der Waals surface area contributed by atoms with Gasteiger partial charge in [-0.05, 0) is 12.3 Å². The van der Waals surface area contributed by atoms with Crippen molar-refractivity contribution in [1.82, 2.24) is 0 Å². The molecule has 0 aromatic carbocycles. The van der Waals surface area contributed by atoms with Crippen LogP contribution in [0.4, 0.5) is 0 Å². The standard InChI is InChI=1S/C18H36O4/c1-3-4-5-6-7-8-9-10-11-12-14(2)18-17(21)16(20)15(19)13-22-18/h14-21H,3-13H2,1-2H3/t14?,15-,16+,17-,18?/m1/s1. The van der Waals surface area contributed by atoms with Crippen LogP contribution in [0.5, 0.6) is 0 Å². The lowest BCUT2D eigenvalue weighted by atomic mass is 9.88. The smallest absolute Gasteiger partial charge is 0.111 e. The van der Waals surface area contributed by atoms with Gasteiger partial charge in [-0.2, -0.15) is 0 Å². The minimum Gasteiger partial charge on any atom is -0.388 e. The van der Waals surface area contributed by atoms with E-state index in [4.69, 9.17) is 4.74 Å². The number of rotatable bonds is 11. The van der Waals surface area contributed by atoms with Crippen molar-refractivity contribution in [3.8, 4) is 0 Å². The van der Waals surface area contributed by atoms with Gasteiger partial charge in [-0.1, -0.05) is 71.6 Å². The van der Waals surface area contributed by atoms with E-state index in [0.717, 1.165) is 12.8 Å². The van der Waals surface area contributed by atoms with Gasteiger partial charge >= 0.3 is 0 Å². The van der Waals surface area contributed by atoms with Gasteiger partial charge < -0.3 is 20.1 Å². The molecule has 0 amide bonds. The summed E-state index contributed by atoms with van der Waals surface area (Å²) >= 11 is 0. The van der Waals surface area contributed by atoms with Crippen molar-refractivity contribution in [3.05, 3.63) is 0 Å². The maximum Gasteiger partial charge on any atom is 0.111 e. The van der Waals surface area contributed by atoms with Crippen LogP contribution in [-0.2, 0) is 4.74 Å². The highest BCUT2D eigenvalue weighted by Gasteiger charge is 2.39. The monoisotopic (exact) mass is 316 g/mol. The van der Waals surface area contributed by atoms with E-state index >= 15 is 0 Å². The maximum atomic E-state index is 9.99. The first-order valence-electron chi connectivity index (χ1n) is 9.23. The molecule has 132 valence electrons. The van der Waals surface area contributed by atoms with Gasteiger partial charge in [0.05, 0.1) is 12.7 Å². The van der Waals surface area contributed by atoms with Crippen molar-refractivity contribution in [2.75, 3.05) is 6.61 Å². The fourth-order valence-electron chi connectivity index (χ4n) is 3.27. The van der Waals surface area contributed by atoms with Gasteiger partial charge in [0, 0.05) is 0 Å². The number of unbranched alkanes of at least 4 members (excludes halogenated alkanes) is 8. The second-order valence-corrected chi connectivity index (χ2v) is 6.94.